The topological polar surface area (TPSA) is 204 Å². The molecule has 1 saturated carbocycles. The monoisotopic (exact) mass is 591 g/mol. The Hall–Kier alpha value is -3.28. The van der Waals surface area contributed by atoms with Crippen LogP contribution < -0.4 is 10.7 Å². The highest BCUT2D eigenvalue weighted by molar-refractivity contribution is 7.46. The lowest BCUT2D eigenvalue weighted by Gasteiger charge is -2.35. The molecule has 2 aliphatic carbocycles. The molecule has 0 bridgehead atoms. The number of phenols is 1. The molecule has 0 aromatic heterocycles. The zero-order chi connectivity index (χ0) is 29.7. The second-order valence-corrected chi connectivity index (χ2v) is 11.8. The Balaban J connectivity index is 1.42. The van der Waals surface area contributed by atoms with Crippen molar-refractivity contribution >= 4 is 30.7 Å². The van der Waals surface area contributed by atoms with Gasteiger partial charge in [0.15, 0.2) is 5.43 Å². The van der Waals surface area contributed by atoms with E-state index >= 15 is 0 Å². The third-order valence-corrected chi connectivity index (χ3v) is 8.19. The first-order valence-corrected chi connectivity index (χ1v) is 15.0. The fraction of sp³-hybridized carbons (Fsp3) is 0.464. The maximum Gasteiger partial charge on any atom is 0.469 e. The summed E-state index contributed by atoms with van der Waals surface area (Å²) in [4.78, 5) is 55.0. The molecule has 0 spiro atoms. The molecule has 1 aliphatic heterocycles. The van der Waals surface area contributed by atoms with Crippen LogP contribution in [0.2, 0.25) is 0 Å². The minimum atomic E-state index is -4.61. The molecule has 1 heterocycles. The number of hydrogen-bond donors (Lipinski definition) is 6. The number of unbranched alkanes of at least 4 members (excludes halogenated alkanes) is 1. The number of carboxylic acids is 1. The number of nitrogens with one attached hydrogen (secondary N) is 1. The second-order valence-electron chi connectivity index (χ2n) is 10.5. The van der Waals surface area contributed by atoms with Crippen molar-refractivity contribution in [3.05, 3.63) is 52.2 Å². The maximum absolute atomic E-state index is 12.9. The van der Waals surface area contributed by atoms with Gasteiger partial charge in [0.1, 0.15) is 17.1 Å². The first kappa shape index (κ1) is 30.7. The molecule has 0 radical (unpaired) electrons. The number of amides is 1. The molecule has 4 rings (SSSR count). The van der Waals surface area contributed by atoms with Gasteiger partial charge in [-0.3, -0.25) is 18.9 Å². The molecule has 1 aromatic carbocycles. The highest BCUT2D eigenvalue weighted by atomic mass is 31.2. The Morgan fingerprint density at radius 2 is 1.90 bits per heavy atom. The largest absolute Gasteiger partial charge is 0.508 e. The molecule has 13 heteroatoms. The summed E-state index contributed by atoms with van der Waals surface area (Å²) in [6.07, 6.45) is 2.61. The van der Waals surface area contributed by atoms with Crippen molar-refractivity contribution < 1.29 is 48.2 Å². The van der Waals surface area contributed by atoms with Gasteiger partial charge in [0.25, 0.3) is 0 Å². The minimum absolute atomic E-state index is 0.0265. The molecular weight excluding hydrogens is 557 g/mol. The number of rotatable bonds is 12. The number of carbonyl (C=O) groups is 2. The van der Waals surface area contributed by atoms with Crippen molar-refractivity contribution in [3.8, 4) is 17.1 Å². The van der Waals surface area contributed by atoms with E-state index in [2.05, 4.69) is 9.84 Å². The molecule has 12 nitrogen and oxygen atoms in total. The van der Waals surface area contributed by atoms with Gasteiger partial charge >= 0.3 is 13.8 Å². The predicted molar refractivity (Wildman–Crippen MR) is 147 cm³/mol. The number of carboxylic acid groups (broad SMARTS) is 1. The summed E-state index contributed by atoms with van der Waals surface area (Å²) in [5.74, 6) is -3.25. The van der Waals surface area contributed by atoms with E-state index in [1.54, 1.807) is 12.1 Å². The molecule has 0 saturated heterocycles. The van der Waals surface area contributed by atoms with Gasteiger partial charge in [0.2, 0.25) is 5.91 Å². The van der Waals surface area contributed by atoms with Crippen LogP contribution in [0.25, 0.3) is 22.3 Å². The van der Waals surface area contributed by atoms with Crippen molar-refractivity contribution in [2.45, 2.75) is 44.4 Å². The smallest absolute Gasteiger partial charge is 0.469 e. The molecule has 4 unspecified atom stereocenters. The van der Waals surface area contributed by atoms with E-state index < -0.39 is 37.5 Å². The van der Waals surface area contributed by atoms with E-state index in [1.165, 1.54) is 24.3 Å². The Morgan fingerprint density at radius 3 is 2.61 bits per heavy atom. The number of aliphatic hydroxyl groups excluding tert-OH is 1. The van der Waals surface area contributed by atoms with Crippen LogP contribution in [0.1, 0.15) is 50.0 Å². The number of aliphatic carboxylic acids is 1. The Labute approximate surface area is 235 Å². The van der Waals surface area contributed by atoms with Crippen LogP contribution >= 0.6 is 7.82 Å². The quantitative estimate of drug-likeness (QED) is 0.103. The summed E-state index contributed by atoms with van der Waals surface area (Å²) in [6.45, 7) is -0.220. The minimum Gasteiger partial charge on any atom is -0.508 e. The Morgan fingerprint density at radius 1 is 1.12 bits per heavy atom. The molecule has 1 aromatic rings. The molecule has 6 N–H and O–H groups in total. The molecule has 1 amide bonds. The van der Waals surface area contributed by atoms with Crippen LogP contribution in [0.4, 0.5) is 0 Å². The lowest BCUT2D eigenvalue weighted by molar-refractivity contribution is -0.145. The second kappa shape index (κ2) is 13.1. The van der Waals surface area contributed by atoms with Crippen molar-refractivity contribution in [2.75, 3.05) is 19.8 Å². The summed E-state index contributed by atoms with van der Waals surface area (Å²) in [6, 6.07) is 8.96. The number of phosphoric ester groups is 1. The zero-order valence-electron chi connectivity index (χ0n) is 22.3. The number of aliphatic hydroxyl groups is 1. The average Bonchev–Trinajstić information content (AvgIpc) is 2.92. The van der Waals surface area contributed by atoms with Crippen LogP contribution in [0, 0.1) is 17.8 Å². The van der Waals surface area contributed by atoms with Crippen LogP contribution in [-0.2, 0) is 18.7 Å². The van der Waals surface area contributed by atoms with E-state index in [1.807, 2.05) is 0 Å². The van der Waals surface area contributed by atoms with Gasteiger partial charge in [0, 0.05) is 48.1 Å². The van der Waals surface area contributed by atoms with Gasteiger partial charge in [-0.25, -0.2) is 4.57 Å². The van der Waals surface area contributed by atoms with Crippen molar-refractivity contribution in [3.63, 3.8) is 0 Å². The van der Waals surface area contributed by atoms with E-state index in [4.69, 9.17) is 14.2 Å². The lowest BCUT2D eigenvalue weighted by Crippen LogP contribution is -2.38. The fourth-order valence-electron chi connectivity index (χ4n) is 5.66. The number of aromatic hydroxyl groups is 1. The first-order valence-electron chi connectivity index (χ1n) is 13.5. The fourth-order valence-corrected chi connectivity index (χ4v) is 6.07. The van der Waals surface area contributed by atoms with Crippen LogP contribution in [0.5, 0.6) is 5.75 Å². The van der Waals surface area contributed by atoms with E-state index in [9.17, 15) is 34.3 Å². The van der Waals surface area contributed by atoms with E-state index in [0.717, 1.165) is 0 Å². The van der Waals surface area contributed by atoms with E-state index in [0.29, 0.717) is 66.5 Å². The summed E-state index contributed by atoms with van der Waals surface area (Å²) in [5.41, 5.74) is 1.41. The van der Waals surface area contributed by atoms with Crippen molar-refractivity contribution in [2.24, 2.45) is 17.8 Å². The predicted octanol–water partition coefficient (Wildman–Crippen LogP) is 3.19. The van der Waals surface area contributed by atoms with Crippen LogP contribution in [-0.4, -0.2) is 56.7 Å². The van der Waals surface area contributed by atoms with Gasteiger partial charge in [-0.2, -0.15) is 0 Å². The molecule has 41 heavy (non-hydrogen) atoms. The summed E-state index contributed by atoms with van der Waals surface area (Å²) < 4.78 is 21.2. The Bertz CT molecular complexity index is 1470. The number of phenolic OH excluding ortho intramolecular Hbond substituents is 1. The van der Waals surface area contributed by atoms with Gasteiger partial charge in [-0.05, 0) is 67.9 Å². The molecule has 3 aliphatic rings. The molecule has 222 valence electrons. The summed E-state index contributed by atoms with van der Waals surface area (Å²) in [7, 11) is -4.61. The van der Waals surface area contributed by atoms with Crippen molar-refractivity contribution in [1.29, 1.82) is 0 Å². The molecule has 1 fully saturated rings. The third-order valence-electron chi connectivity index (χ3n) is 7.70. The zero-order valence-corrected chi connectivity index (χ0v) is 23.2. The standard InChI is InChI=1S/C28H34NO11P/c30-14-16(15-39-41(36,37)38)3-1-2-10-29-27(33)17-4-7-20(23(11-17)28(34)35)26-21-8-5-18(31)12-24(21)40-25-13-19(32)6-9-22(25)26/h5-6,8-9,12-13,16-17,20,23,30-31H,1-4,7,10-11,14-15H2,(H,29,33)(H,34,35)(H2,36,37,38). The van der Waals surface area contributed by atoms with Gasteiger partial charge in [0.05, 0.1) is 12.5 Å². The highest BCUT2D eigenvalue weighted by Crippen LogP contribution is 2.47. The van der Waals surface area contributed by atoms with E-state index in [-0.39, 0.29) is 36.7 Å². The maximum atomic E-state index is 12.9. The van der Waals surface area contributed by atoms with Crippen LogP contribution in [0.3, 0.4) is 0 Å². The lowest BCUT2D eigenvalue weighted by atomic mass is 9.69. The van der Waals surface area contributed by atoms with Crippen molar-refractivity contribution in [1.82, 2.24) is 5.32 Å². The number of fused-ring (bicyclic) bond motifs is 2. The summed E-state index contributed by atoms with van der Waals surface area (Å²) >= 11 is 0. The van der Waals surface area contributed by atoms with Gasteiger partial charge in [-0.1, -0.05) is 6.42 Å². The van der Waals surface area contributed by atoms with Gasteiger partial charge in [-0.15, -0.1) is 0 Å². The van der Waals surface area contributed by atoms with Crippen LogP contribution in [0.15, 0.2) is 45.6 Å². The summed E-state index contributed by atoms with van der Waals surface area (Å²) in [5, 5.41) is 33.0. The normalized spacial score (nSPS) is 20.2. The number of carbonyl (C=O) groups excluding carboxylic acids is 1. The Kier molecular flexibility index (Phi) is 9.83. The molecule has 4 atom stereocenters. The number of phosphoric acid groups is 1. The first-order chi connectivity index (χ1) is 19.5. The number of benzene rings is 2. The average molecular weight is 592 g/mol. The molecular formula is C28H34NO11P. The highest BCUT2D eigenvalue weighted by Gasteiger charge is 2.40. The third kappa shape index (κ3) is 7.72. The number of hydrogen-bond acceptors (Lipinski definition) is 8. The van der Waals surface area contributed by atoms with Gasteiger partial charge < -0.3 is 34.8 Å². The SMILES string of the molecule is O=C(NCCCCC(CO)COP(=O)(O)O)C1CCC(c2c3ccc(=O)cc-3oc3cc(O)ccc23)C(C(=O)O)C1.